The number of anilines is 3. The summed E-state index contributed by atoms with van der Waals surface area (Å²) in [5, 5.41) is 13.0. The molecule has 2 aliphatic heterocycles. The lowest BCUT2D eigenvalue weighted by Crippen LogP contribution is -2.44. The Morgan fingerprint density at radius 3 is 2.82 bits per heavy atom. The highest BCUT2D eigenvalue weighted by molar-refractivity contribution is 5.93. The van der Waals surface area contributed by atoms with E-state index in [4.69, 9.17) is 10.1 Å². The Labute approximate surface area is 199 Å². The molecule has 0 unspecified atom stereocenters. The van der Waals surface area contributed by atoms with Gasteiger partial charge in [-0.05, 0) is 48.9 Å². The van der Waals surface area contributed by atoms with E-state index in [1.807, 2.05) is 16.9 Å². The summed E-state index contributed by atoms with van der Waals surface area (Å²) in [4.78, 5) is 15.7. The lowest BCUT2D eigenvalue weighted by molar-refractivity contribution is 0.576. The maximum atomic E-state index is 4.99. The predicted molar refractivity (Wildman–Crippen MR) is 135 cm³/mol. The van der Waals surface area contributed by atoms with Crippen molar-refractivity contribution in [3.63, 3.8) is 0 Å². The molecule has 2 saturated heterocycles. The zero-order valence-corrected chi connectivity index (χ0v) is 19.6. The minimum atomic E-state index is 0.527. The number of rotatable bonds is 7. The van der Waals surface area contributed by atoms with Gasteiger partial charge in [0.2, 0.25) is 0 Å². The summed E-state index contributed by atoms with van der Waals surface area (Å²) in [6.45, 7) is 6.59. The Kier molecular flexibility index (Phi) is 5.37. The maximum Gasteiger partial charge on any atom is 0.162 e. The molecule has 174 valence electrons. The molecular weight excluding hydrogens is 424 g/mol. The second-order valence-electron chi connectivity index (χ2n) is 9.78. The van der Waals surface area contributed by atoms with Gasteiger partial charge in [0.1, 0.15) is 11.6 Å². The van der Waals surface area contributed by atoms with Crippen LogP contribution in [0.1, 0.15) is 32.3 Å². The highest BCUT2D eigenvalue weighted by Crippen LogP contribution is 2.32. The summed E-state index contributed by atoms with van der Waals surface area (Å²) in [6.07, 6.45) is 10.4. The summed E-state index contributed by atoms with van der Waals surface area (Å²) in [5.74, 6) is 3.14. The summed E-state index contributed by atoms with van der Waals surface area (Å²) in [6, 6.07) is 12.0. The number of fused-ring (bicyclic) bond motifs is 3. The SMILES string of the molecule is CC(C)CCc1ccc2c(Nc3cnccn3)nn(-c3ccnc(N4C[C@@H]5C[C@H]4CN5)c3)c2c1. The number of pyridine rings is 1. The molecule has 0 spiro atoms. The van der Waals surface area contributed by atoms with Crippen molar-refractivity contribution >= 4 is 28.4 Å². The second-order valence-corrected chi connectivity index (χ2v) is 9.78. The van der Waals surface area contributed by atoms with E-state index in [0.717, 1.165) is 54.2 Å². The molecule has 2 atom stereocenters. The average Bonchev–Trinajstić information content (AvgIpc) is 3.58. The van der Waals surface area contributed by atoms with E-state index in [-0.39, 0.29) is 0 Å². The van der Waals surface area contributed by atoms with Crippen LogP contribution in [-0.4, -0.2) is 49.9 Å². The minimum Gasteiger partial charge on any atom is -0.351 e. The summed E-state index contributed by atoms with van der Waals surface area (Å²) < 4.78 is 2.03. The van der Waals surface area contributed by atoms with Gasteiger partial charge in [-0.1, -0.05) is 19.9 Å². The molecule has 1 aromatic carbocycles. The van der Waals surface area contributed by atoms with Gasteiger partial charge in [-0.25, -0.2) is 14.6 Å². The standard InChI is InChI=1S/C26H30N8/c1-17(2)3-4-18-5-6-22-23(11-18)34(32-26(22)31-24-15-27-9-10-28-24)20-7-8-29-25(13-20)33-16-19-12-21(33)14-30-19/h5-11,13,15,17,19,21,30H,3-4,12,14,16H2,1-2H3,(H,28,31,32)/t19-,21-/m0/s1. The molecule has 2 N–H and O–H groups in total. The smallest absolute Gasteiger partial charge is 0.162 e. The third kappa shape index (κ3) is 3.98. The number of nitrogens with zero attached hydrogens (tertiary/aromatic N) is 6. The molecule has 0 amide bonds. The molecule has 2 aliphatic rings. The van der Waals surface area contributed by atoms with Crippen molar-refractivity contribution in [3.8, 4) is 5.69 Å². The molecule has 4 aromatic rings. The van der Waals surface area contributed by atoms with Crippen LogP contribution < -0.4 is 15.5 Å². The van der Waals surface area contributed by atoms with Gasteiger partial charge in [0.15, 0.2) is 5.82 Å². The topological polar surface area (TPSA) is 83.8 Å². The summed E-state index contributed by atoms with van der Waals surface area (Å²) in [7, 11) is 0. The van der Waals surface area contributed by atoms with E-state index in [2.05, 4.69) is 63.6 Å². The van der Waals surface area contributed by atoms with E-state index in [9.17, 15) is 0 Å². The van der Waals surface area contributed by atoms with Crippen molar-refractivity contribution in [1.82, 2.24) is 30.0 Å². The number of benzene rings is 1. The van der Waals surface area contributed by atoms with Crippen molar-refractivity contribution in [2.75, 3.05) is 23.3 Å². The van der Waals surface area contributed by atoms with Gasteiger partial charge in [-0.3, -0.25) is 4.98 Å². The Morgan fingerprint density at radius 1 is 1.12 bits per heavy atom. The zero-order valence-electron chi connectivity index (χ0n) is 19.6. The third-order valence-electron chi connectivity index (χ3n) is 6.89. The first-order valence-electron chi connectivity index (χ1n) is 12.1. The van der Waals surface area contributed by atoms with Crippen LogP contribution in [0, 0.1) is 5.92 Å². The molecule has 8 nitrogen and oxygen atoms in total. The van der Waals surface area contributed by atoms with Crippen molar-refractivity contribution in [2.24, 2.45) is 5.92 Å². The van der Waals surface area contributed by atoms with Crippen molar-refractivity contribution in [3.05, 3.63) is 60.7 Å². The maximum absolute atomic E-state index is 4.99. The van der Waals surface area contributed by atoms with Gasteiger partial charge >= 0.3 is 0 Å². The Hall–Kier alpha value is -3.52. The van der Waals surface area contributed by atoms with Crippen LogP contribution in [0.2, 0.25) is 0 Å². The molecule has 2 bridgehead atoms. The lowest BCUT2D eigenvalue weighted by atomic mass is 10.0. The zero-order chi connectivity index (χ0) is 23.1. The third-order valence-corrected chi connectivity index (χ3v) is 6.89. The summed E-state index contributed by atoms with van der Waals surface area (Å²) in [5.41, 5.74) is 3.42. The van der Waals surface area contributed by atoms with Crippen LogP contribution in [0.5, 0.6) is 0 Å². The predicted octanol–water partition coefficient (Wildman–Crippen LogP) is 4.09. The van der Waals surface area contributed by atoms with E-state index in [0.29, 0.717) is 23.8 Å². The van der Waals surface area contributed by atoms with Gasteiger partial charge in [-0.15, -0.1) is 5.10 Å². The van der Waals surface area contributed by atoms with Gasteiger partial charge in [0.25, 0.3) is 0 Å². The van der Waals surface area contributed by atoms with Crippen molar-refractivity contribution in [1.29, 1.82) is 0 Å². The van der Waals surface area contributed by atoms with Crippen LogP contribution in [0.4, 0.5) is 17.5 Å². The van der Waals surface area contributed by atoms with Gasteiger partial charge in [0, 0.05) is 55.2 Å². The summed E-state index contributed by atoms with van der Waals surface area (Å²) >= 11 is 0. The normalized spacial score (nSPS) is 19.4. The number of hydrogen-bond acceptors (Lipinski definition) is 7. The van der Waals surface area contributed by atoms with E-state index < -0.39 is 0 Å². The fourth-order valence-electron chi connectivity index (χ4n) is 5.08. The molecule has 0 saturated carbocycles. The second kappa shape index (κ2) is 8.68. The minimum absolute atomic E-state index is 0.527. The van der Waals surface area contributed by atoms with Crippen molar-refractivity contribution in [2.45, 2.75) is 45.2 Å². The van der Waals surface area contributed by atoms with Crippen LogP contribution in [0.15, 0.2) is 55.1 Å². The van der Waals surface area contributed by atoms with Gasteiger partial charge in [0.05, 0.1) is 17.4 Å². The molecule has 6 rings (SSSR count). The van der Waals surface area contributed by atoms with Gasteiger partial charge < -0.3 is 15.5 Å². The highest BCUT2D eigenvalue weighted by Gasteiger charge is 2.38. The van der Waals surface area contributed by atoms with Crippen LogP contribution in [-0.2, 0) is 6.42 Å². The first-order valence-corrected chi connectivity index (χ1v) is 12.1. The van der Waals surface area contributed by atoms with Crippen molar-refractivity contribution < 1.29 is 0 Å². The van der Waals surface area contributed by atoms with E-state index >= 15 is 0 Å². The molecule has 34 heavy (non-hydrogen) atoms. The number of nitrogens with one attached hydrogen (secondary N) is 2. The molecule has 3 aromatic heterocycles. The monoisotopic (exact) mass is 454 g/mol. The molecule has 0 aliphatic carbocycles. The molecule has 5 heterocycles. The molecule has 2 fully saturated rings. The molecular formula is C26H30N8. The Bertz CT molecular complexity index is 1300. The average molecular weight is 455 g/mol. The number of piperazine rings is 1. The largest absolute Gasteiger partial charge is 0.351 e. The van der Waals surface area contributed by atoms with E-state index in [1.165, 1.54) is 12.0 Å². The number of hydrogen-bond donors (Lipinski definition) is 2. The quantitative estimate of drug-likeness (QED) is 0.435. The fourth-order valence-corrected chi connectivity index (χ4v) is 5.08. The first kappa shape index (κ1) is 21.0. The molecule has 8 heteroatoms. The highest BCUT2D eigenvalue weighted by atomic mass is 15.3. The lowest BCUT2D eigenvalue weighted by Gasteiger charge is -2.28. The van der Waals surface area contributed by atoms with Gasteiger partial charge in [-0.2, -0.15) is 0 Å². The van der Waals surface area contributed by atoms with Crippen LogP contribution >= 0.6 is 0 Å². The molecule has 0 radical (unpaired) electrons. The Balaban J connectivity index is 1.41. The first-order chi connectivity index (χ1) is 16.6. The van der Waals surface area contributed by atoms with E-state index in [1.54, 1.807) is 18.6 Å². The van der Waals surface area contributed by atoms with Crippen LogP contribution in [0.25, 0.3) is 16.6 Å². The number of aryl methyl sites for hydroxylation is 1. The van der Waals surface area contributed by atoms with Crippen LogP contribution in [0.3, 0.4) is 0 Å². The Morgan fingerprint density at radius 2 is 2.06 bits per heavy atom. The number of aromatic nitrogens is 5. The fraction of sp³-hybridized carbons (Fsp3) is 0.385.